The second-order valence-electron chi connectivity index (χ2n) is 6.78. The fourth-order valence-corrected chi connectivity index (χ4v) is 2.93. The number of unbranched alkanes of at least 4 members (excludes halogenated alkanes) is 1. The molecule has 1 aliphatic rings. The first kappa shape index (κ1) is 21.3. The minimum Gasteiger partial charge on any atom is -0.354 e. The number of rotatable bonds is 10. The van der Waals surface area contributed by atoms with E-state index in [-0.39, 0.29) is 24.8 Å². The highest BCUT2D eigenvalue weighted by Crippen LogP contribution is 2.19. The van der Waals surface area contributed by atoms with E-state index in [1.165, 1.54) is 17.9 Å². The quantitative estimate of drug-likeness (QED) is 0.601. The van der Waals surface area contributed by atoms with Crippen LogP contribution in [0.25, 0.3) is 5.70 Å². The van der Waals surface area contributed by atoms with Crippen molar-refractivity contribution < 1.29 is 9.59 Å². The molecule has 6 nitrogen and oxygen atoms in total. The molecule has 2 rings (SSSR count). The lowest BCUT2D eigenvalue weighted by Gasteiger charge is -2.29. The van der Waals surface area contributed by atoms with Crippen LogP contribution in [0.3, 0.4) is 0 Å². The number of benzene rings is 1. The largest absolute Gasteiger partial charge is 0.354 e. The Hall–Kier alpha value is -2.05. The summed E-state index contributed by atoms with van der Waals surface area (Å²) in [6.07, 6.45) is 5.36. The SMILES string of the molecule is CCCCN(C)CCCNC(=O)CN1NC(c2ccc(Cl)cc2)=CCC1=O. The molecule has 2 N–H and O–H groups in total. The molecule has 7 heteroatoms. The maximum absolute atomic E-state index is 12.2. The van der Waals surface area contributed by atoms with Gasteiger partial charge in [-0.05, 0) is 56.8 Å². The van der Waals surface area contributed by atoms with Crippen molar-refractivity contribution in [3.8, 4) is 0 Å². The molecule has 0 bridgehead atoms. The first-order chi connectivity index (χ1) is 13.0. The number of hydrazine groups is 1. The van der Waals surface area contributed by atoms with Gasteiger partial charge >= 0.3 is 0 Å². The van der Waals surface area contributed by atoms with E-state index in [1.807, 2.05) is 18.2 Å². The lowest BCUT2D eigenvalue weighted by atomic mass is 10.1. The second kappa shape index (κ2) is 10.9. The van der Waals surface area contributed by atoms with Crippen LogP contribution < -0.4 is 10.7 Å². The van der Waals surface area contributed by atoms with Gasteiger partial charge in [-0.3, -0.25) is 15.0 Å². The average molecular weight is 393 g/mol. The summed E-state index contributed by atoms with van der Waals surface area (Å²) < 4.78 is 0. The Morgan fingerprint density at radius 3 is 2.67 bits per heavy atom. The third kappa shape index (κ3) is 7.23. The minimum atomic E-state index is -0.163. The van der Waals surface area contributed by atoms with E-state index >= 15 is 0 Å². The van der Waals surface area contributed by atoms with Crippen LogP contribution in [0.2, 0.25) is 5.02 Å². The van der Waals surface area contributed by atoms with Crippen LogP contribution in [-0.2, 0) is 9.59 Å². The molecule has 1 aliphatic heterocycles. The van der Waals surface area contributed by atoms with Crippen LogP contribution in [0.4, 0.5) is 0 Å². The minimum absolute atomic E-state index is 0.00453. The van der Waals surface area contributed by atoms with Crippen LogP contribution in [0.15, 0.2) is 30.3 Å². The zero-order valence-corrected chi connectivity index (χ0v) is 16.9. The predicted octanol–water partition coefficient (Wildman–Crippen LogP) is 2.66. The predicted molar refractivity (Wildman–Crippen MR) is 109 cm³/mol. The van der Waals surface area contributed by atoms with Gasteiger partial charge in [0.25, 0.3) is 0 Å². The van der Waals surface area contributed by atoms with Crippen LogP contribution in [0.1, 0.15) is 38.2 Å². The summed E-state index contributed by atoms with van der Waals surface area (Å²) in [5.41, 5.74) is 4.76. The van der Waals surface area contributed by atoms with Crippen molar-refractivity contribution in [3.05, 3.63) is 40.9 Å². The summed E-state index contributed by atoms with van der Waals surface area (Å²) >= 11 is 5.92. The van der Waals surface area contributed by atoms with Gasteiger partial charge in [-0.25, -0.2) is 5.01 Å². The van der Waals surface area contributed by atoms with E-state index in [4.69, 9.17) is 11.6 Å². The third-order valence-electron chi connectivity index (χ3n) is 4.43. The monoisotopic (exact) mass is 392 g/mol. The zero-order chi connectivity index (χ0) is 19.6. The summed E-state index contributed by atoms with van der Waals surface area (Å²) in [5, 5.41) is 4.91. The van der Waals surface area contributed by atoms with E-state index in [2.05, 4.69) is 29.6 Å². The number of hydrogen-bond donors (Lipinski definition) is 2. The number of carbonyl (C=O) groups excluding carboxylic acids is 2. The van der Waals surface area contributed by atoms with Crippen LogP contribution >= 0.6 is 11.6 Å². The van der Waals surface area contributed by atoms with E-state index in [0.29, 0.717) is 11.6 Å². The van der Waals surface area contributed by atoms with Crippen molar-refractivity contribution in [2.24, 2.45) is 0 Å². The third-order valence-corrected chi connectivity index (χ3v) is 4.68. The van der Waals surface area contributed by atoms with Gasteiger partial charge in [0.2, 0.25) is 11.8 Å². The number of amides is 2. The number of carbonyl (C=O) groups is 2. The van der Waals surface area contributed by atoms with Crippen molar-refractivity contribution in [3.63, 3.8) is 0 Å². The Morgan fingerprint density at radius 1 is 1.26 bits per heavy atom. The van der Waals surface area contributed by atoms with Gasteiger partial charge in [-0.1, -0.05) is 37.1 Å². The van der Waals surface area contributed by atoms with Gasteiger partial charge < -0.3 is 10.2 Å². The molecule has 0 saturated carbocycles. The zero-order valence-electron chi connectivity index (χ0n) is 16.1. The summed E-state index contributed by atoms with van der Waals surface area (Å²) in [5.74, 6) is -0.286. The van der Waals surface area contributed by atoms with Gasteiger partial charge in [0, 0.05) is 18.0 Å². The van der Waals surface area contributed by atoms with E-state index in [9.17, 15) is 9.59 Å². The first-order valence-electron chi connectivity index (χ1n) is 9.48. The number of nitrogens with zero attached hydrogens (tertiary/aromatic N) is 2. The molecular weight excluding hydrogens is 364 g/mol. The standard InChI is InChI=1S/C20H29ClN4O2/c1-3-4-13-24(2)14-5-12-22-19(26)15-25-20(27)11-10-18(23-25)16-6-8-17(21)9-7-16/h6-10,23H,3-5,11-15H2,1-2H3,(H,22,26). The lowest BCUT2D eigenvalue weighted by molar-refractivity contribution is -0.137. The van der Waals surface area contributed by atoms with E-state index < -0.39 is 0 Å². The van der Waals surface area contributed by atoms with Crippen molar-refractivity contribution >= 4 is 29.1 Å². The van der Waals surface area contributed by atoms with Gasteiger partial charge in [-0.2, -0.15) is 0 Å². The van der Waals surface area contributed by atoms with Gasteiger partial charge in [0.1, 0.15) is 6.54 Å². The molecule has 0 fully saturated rings. The summed E-state index contributed by atoms with van der Waals surface area (Å²) in [6.45, 7) is 4.81. The van der Waals surface area contributed by atoms with Crippen LogP contribution in [0.5, 0.6) is 0 Å². The van der Waals surface area contributed by atoms with Crippen LogP contribution in [0, 0.1) is 0 Å². The Labute approximate surface area is 166 Å². The molecule has 0 unspecified atom stereocenters. The number of nitrogens with one attached hydrogen (secondary N) is 2. The fraction of sp³-hybridized carbons (Fsp3) is 0.500. The maximum Gasteiger partial charge on any atom is 0.245 e. The Kier molecular flexibility index (Phi) is 8.61. The molecule has 27 heavy (non-hydrogen) atoms. The van der Waals surface area contributed by atoms with Gasteiger partial charge in [0.15, 0.2) is 0 Å². The molecule has 1 aromatic carbocycles. The molecule has 0 aliphatic carbocycles. The molecule has 0 aromatic heterocycles. The second-order valence-corrected chi connectivity index (χ2v) is 7.22. The molecule has 0 spiro atoms. The Bertz CT molecular complexity index is 660. The molecular formula is C20H29ClN4O2. The molecule has 2 amide bonds. The smallest absolute Gasteiger partial charge is 0.245 e. The normalized spacial score (nSPS) is 14.1. The highest BCUT2D eigenvalue weighted by molar-refractivity contribution is 6.30. The molecule has 0 saturated heterocycles. The molecule has 148 valence electrons. The number of hydrogen-bond acceptors (Lipinski definition) is 4. The molecule has 1 heterocycles. The average Bonchev–Trinajstić information content (AvgIpc) is 2.66. The Morgan fingerprint density at radius 2 is 1.96 bits per heavy atom. The van der Waals surface area contributed by atoms with Crippen molar-refractivity contribution in [1.82, 2.24) is 20.7 Å². The summed E-state index contributed by atoms with van der Waals surface area (Å²) in [6, 6.07) is 7.35. The lowest BCUT2D eigenvalue weighted by Crippen LogP contribution is -2.49. The molecule has 1 aromatic rings. The van der Waals surface area contributed by atoms with Crippen molar-refractivity contribution in [2.75, 3.05) is 33.2 Å². The fourth-order valence-electron chi connectivity index (χ4n) is 2.81. The first-order valence-corrected chi connectivity index (χ1v) is 9.85. The van der Waals surface area contributed by atoms with E-state index in [1.54, 1.807) is 12.1 Å². The molecule has 0 atom stereocenters. The Balaban J connectivity index is 1.75. The maximum atomic E-state index is 12.2. The molecule has 0 radical (unpaired) electrons. The number of halogens is 1. The van der Waals surface area contributed by atoms with Gasteiger partial charge in [0.05, 0.1) is 5.70 Å². The summed E-state index contributed by atoms with van der Waals surface area (Å²) in [7, 11) is 2.10. The van der Waals surface area contributed by atoms with E-state index in [0.717, 1.165) is 30.8 Å². The highest BCUT2D eigenvalue weighted by atomic mass is 35.5. The van der Waals surface area contributed by atoms with Crippen molar-refractivity contribution in [2.45, 2.75) is 32.6 Å². The van der Waals surface area contributed by atoms with Crippen molar-refractivity contribution in [1.29, 1.82) is 0 Å². The van der Waals surface area contributed by atoms with Crippen LogP contribution in [-0.4, -0.2) is 54.9 Å². The highest BCUT2D eigenvalue weighted by Gasteiger charge is 2.21. The topological polar surface area (TPSA) is 64.7 Å². The summed E-state index contributed by atoms with van der Waals surface area (Å²) in [4.78, 5) is 26.5. The van der Waals surface area contributed by atoms with Gasteiger partial charge in [-0.15, -0.1) is 0 Å².